The van der Waals surface area contributed by atoms with E-state index in [1.165, 1.54) is 4.57 Å². The van der Waals surface area contributed by atoms with Gasteiger partial charge in [-0.25, -0.2) is 4.79 Å². The third-order valence-corrected chi connectivity index (χ3v) is 2.76. The molecule has 1 aromatic rings. The number of nitrogens with zero attached hydrogens (tertiary/aromatic N) is 2. The Morgan fingerprint density at radius 3 is 2.53 bits per heavy atom. The van der Waals surface area contributed by atoms with Crippen molar-refractivity contribution in [2.24, 2.45) is 0 Å². The molecule has 1 aromatic heterocycles. The van der Waals surface area contributed by atoms with Gasteiger partial charge in [0.15, 0.2) is 0 Å². The third kappa shape index (κ3) is 2.69. The first-order valence-electron chi connectivity index (χ1n) is 5.86. The van der Waals surface area contributed by atoms with Crippen LogP contribution in [-0.4, -0.2) is 23.1 Å². The lowest BCUT2D eigenvalue weighted by Crippen LogP contribution is -2.37. The van der Waals surface area contributed by atoms with Gasteiger partial charge >= 0.3 is 5.69 Å². The number of unbranched alkanes of at least 4 members (excludes halogenated alkanes) is 1. The van der Waals surface area contributed by atoms with Gasteiger partial charge in [-0.05, 0) is 13.3 Å². The summed E-state index contributed by atoms with van der Waals surface area (Å²) in [6.07, 6.45) is 2.01. The molecule has 0 radical (unpaired) electrons. The van der Waals surface area contributed by atoms with Crippen LogP contribution in [0.15, 0.2) is 9.59 Å². The van der Waals surface area contributed by atoms with Crippen LogP contribution in [0.5, 0.6) is 0 Å². The number of nitrogens with two attached hydrogens (primary N) is 1. The lowest BCUT2D eigenvalue weighted by atomic mass is 10.3. The Kier molecular flexibility index (Phi) is 4.37. The minimum absolute atomic E-state index is 0.236. The number of nitrogens with one attached hydrogen (secondary N) is 1. The largest absolute Gasteiger partial charge is 0.383 e. The van der Waals surface area contributed by atoms with Gasteiger partial charge in [-0.2, -0.15) is 0 Å². The van der Waals surface area contributed by atoms with Crippen molar-refractivity contribution in [1.82, 2.24) is 9.55 Å². The summed E-state index contributed by atoms with van der Waals surface area (Å²) in [5, 5.41) is 0. The molecule has 1 rings (SSSR count). The lowest BCUT2D eigenvalue weighted by molar-refractivity contribution is 0.694. The van der Waals surface area contributed by atoms with Crippen molar-refractivity contribution in [2.75, 3.05) is 24.2 Å². The van der Waals surface area contributed by atoms with Crippen molar-refractivity contribution < 1.29 is 0 Å². The Morgan fingerprint density at radius 2 is 2.00 bits per heavy atom. The van der Waals surface area contributed by atoms with Crippen LogP contribution in [0.4, 0.5) is 11.5 Å². The zero-order valence-electron chi connectivity index (χ0n) is 10.6. The zero-order valence-corrected chi connectivity index (χ0v) is 10.6. The minimum Gasteiger partial charge on any atom is -0.383 e. The second-order valence-corrected chi connectivity index (χ2v) is 4.01. The summed E-state index contributed by atoms with van der Waals surface area (Å²) in [6, 6.07) is 0. The monoisotopic (exact) mass is 240 g/mol. The Labute approximate surface area is 100 Å². The van der Waals surface area contributed by atoms with Crippen molar-refractivity contribution in [3.8, 4) is 0 Å². The molecule has 0 saturated carbocycles. The number of aromatic nitrogens is 2. The Hall–Kier alpha value is -1.72. The summed E-state index contributed by atoms with van der Waals surface area (Å²) in [5.74, 6) is 0.236. The number of nitrogen functional groups attached to an aromatic ring is 1. The minimum atomic E-state index is -0.456. The molecule has 0 aliphatic heterocycles. The van der Waals surface area contributed by atoms with Crippen LogP contribution >= 0.6 is 0 Å². The van der Waals surface area contributed by atoms with Crippen LogP contribution in [0.2, 0.25) is 0 Å². The molecule has 3 N–H and O–H groups in total. The van der Waals surface area contributed by atoms with Gasteiger partial charge in [0.25, 0.3) is 5.56 Å². The fourth-order valence-corrected chi connectivity index (χ4v) is 1.77. The maximum absolute atomic E-state index is 11.7. The molecule has 6 heteroatoms. The van der Waals surface area contributed by atoms with E-state index < -0.39 is 11.2 Å². The SMILES string of the molecule is CCCCN(C)c1c(N)n(CC)c(=O)[nH]c1=O. The second kappa shape index (κ2) is 5.56. The average Bonchev–Trinajstić information content (AvgIpc) is 2.26. The molecule has 0 bridgehead atoms. The van der Waals surface area contributed by atoms with E-state index in [1.807, 2.05) is 6.92 Å². The number of hydrogen-bond acceptors (Lipinski definition) is 4. The van der Waals surface area contributed by atoms with E-state index in [1.54, 1.807) is 11.9 Å². The molecular formula is C11H20N4O2. The van der Waals surface area contributed by atoms with E-state index in [2.05, 4.69) is 11.9 Å². The number of rotatable bonds is 5. The maximum atomic E-state index is 11.7. The Morgan fingerprint density at radius 1 is 1.35 bits per heavy atom. The molecule has 0 unspecified atom stereocenters. The van der Waals surface area contributed by atoms with E-state index >= 15 is 0 Å². The molecule has 1 heterocycles. The van der Waals surface area contributed by atoms with E-state index in [0.717, 1.165) is 19.4 Å². The molecular weight excluding hydrogens is 220 g/mol. The summed E-state index contributed by atoms with van der Waals surface area (Å²) < 4.78 is 1.36. The summed E-state index contributed by atoms with van der Waals surface area (Å²) in [7, 11) is 1.81. The van der Waals surface area contributed by atoms with Crippen molar-refractivity contribution in [2.45, 2.75) is 33.2 Å². The molecule has 0 aromatic carbocycles. The van der Waals surface area contributed by atoms with Crippen LogP contribution < -0.4 is 21.9 Å². The van der Waals surface area contributed by atoms with Gasteiger partial charge in [-0.3, -0.25) is 14.3 Å². The molecule has 0 amide bonds. The van der Waals surface area contributed by atoms with Crippen molar-refractivity contribution in [3.05, 3.63) is 20.8 Å². The summed E-state index contributed by atoms with van der Waals surface area (Å²) in [6.45, 7) is 5.07. The molecule has 0 aliphatic rings. The Bertz CT molecular complexity index is 489. The average molecular weight is 240 g/mol. The van der Waals surface area contributed by atoms with E-state index in [4.69, 9.17) is 5.73 Å². The van der Waals surface area contributed by atoms with E-state index in [0.29, 0.717) is 12.2 Å². The predicted molar refractivity (Wildman–Crippen MR) is 69.6 cm³/mol. The smallest absolute Gasteiger partial charge is 0.330 e. The van der Waals surface area contributed by atoms with Crippen LogP contribution in [0.1, 0.15) is 26.7 Å². The van der Waals surface area contributed by atoms with Crippen molar-refractivity contribution >= 4 is 11.5 Å². The molecule has 17 heavy (non-hydrogen) atoms. The first-order valence-corrected chi connectivity index (χ1v) is 5.86. The summed E-state index contributed by atoms with van der Waals surface area (Å²) in [4.78, 5) is 27.3. The highest BCUT2D eigenvalue weighted by atomic mass is 16.2. The number of aromatic amines is 1. The highest BCUT2D eigenvalue weighted by molar-refractivity contribution is 5.61. The normalized spacial score (nSPS) is 10.5. The number of H-pyrrole nitrogens is 1. The van der Waals surface area contributed by atoms with Gasteiger partial charge in [0.1, 0.15) is 11.5 Å². The van der Waals surface area contributed by atoms with Crippen molar-refractivity contribution in [1.29, 1.82) is 0 Å². The lowest BCUT2D eigenvalue weighted by Gasteiger charge is -2.21. The maximum Gasteiger partial charge on any atom is 0.330 e. The van der Waals surface area contributed by atoms with Gasteiger partial charge in [0.2, 0.25) is 0 Å². The van der Waals surface area contributed by atoms with Crippen LogP contribution in [0.25, 0.3) is 0 Å². The first kappa shape index (κ1) is 13.3. The summed E-state index contributed by atoms with van der Waals surface area (Å²) >= 11 is 0. The van der Waals surface area contributed by atoms with Gasteiger partial charge in [-0.15, -0.1) is 0 Å². The molecule has 0 atom stereocenters. The van der Waals surface area contributed by atoms with E-state index in [-0.39, 0.29) is 5.82 Å². The van der Waals surface area contributed by atoms with Gasteiger partial charge in [0.05, 0.1) is 0 Å². The quantitative estimate of drug-likeness (QED) is 0.779. The first-order chi connectivity index (χ1) is 8.02. The molecule has 96 valence electrons. The van der Waals surface area contributed by atoms with Crippen LogP contribution in [0.3, 0.4) is 0 Å². The fraction of sp³-hybridized carbons (Fsp3) is 0.636. The number of hydrogen-bond donors (Lipinski definition) is 2. The van der Waals surface area contributed by atoms with Crippen molar-refractivity contribution in [3.63, 3.8) is 0 Å². The van der Waals surface area contributed by atoms with Gasteiger partial charge in [0, 0.05) is 20.1 Å². The third-order valence-electron chi connectivity index (χ3n) is 2.76. The molecule has 0 spiro atoms. The Balaban J connectivity index is 3.24. The molecule has 0 aliphatic carbocycles. The standard InChI is InChI=1S/C11H20N4O2/c1-4-6-7-14(3)8-9(12)15(5-2)11(17)13-10(8)16/h4-7,12H2,1-3H3,(H,13,16,17). The zero-order chi connectivity index (χ0) is 13.0. The highest BCUT2D eigenvalue weighted by Crippen LogP contribution is 2.14. The summed E-state index contributed by atoms with van der Waals surface area (Å²) in [5.41, 5.74) is 5.37. The molecule has 0 fully saturated rings. The number of anilines is 2. The topological polar surface area (TPSA) is 84.1 Å². The van der Waals surface area contributed by atoms with E-state index in [9.17, 15) is 9.59 Å². The van der Waals surface area contributed by atoms with Crippen LogP contribution in [0, 0.1) is 0 Å². The molecule has 0 saturated heterocycles. The molecule has 6 nitrogen and oxygen atoms in total. The van der Waals surface area contributed by atoms with Crippen LogP contribution in [-0.2, 0) is 6.54 Å². The second-order valence-electron chi connectivity index (χ2n) is 4.01. The van der Waals surface area contributed by atoms with Gasteiger partial charge < -0.3 is 10.6 Å². The van der Waals surface area contributed by atoms with Gasteiger partial charge in [-0.1, -0.05) is 13.3 Å². The predicted octanol–water partition coefficient (Wildman–Crippen LogP) is 0.375. The fourth-order valence-electron chi connectivity index (χ4n) is 1.77. The highest BCUT2D eigenvalue weighted by Gasteiger charge is 2.14.